The first-order valence-electron chi connectivity index (χ1n) is 10.1. The lowest BCUT2D eigenvalue weighted by atomic mass is 10.00. The van der Waals surface area contributed by atoms with Gasteiger partial charge in [-0.15, -0.1) is 0 Å². The smallest absolute Gasteiger partial charge is 0.406 e. The van der Waals surface area contributed by atoms with Gasteiger partial charge in [0, 0.05) is 12.1 Å². The number of nitrogens with zero attached hydrogens (tertiary/aromatic N) is 1. The lowest BCUT2D eigenvalue weighted by Crippen LogP contribution is -2.43. The first kappa shape index (κ1) is 21.1. The quantitative estimate of drug-likeness (QED) is 0.635. The number of hydrogen-bond acceptors (Lipinski definition) is 4. The number of primary amides is 1. The molecule has 160 valence electrons. The van der Waals surface area contributed by atoms with Crippen LogP contribution in [0.5, 0.6) is 0 Å². The Hall–Kier alpha value is -3.16. The molecule has 1 amide bonds. The van der Waals surface area contributed by atoms with Gasteiger partial charge in [0.25, 0.3) is 0 Å². The fourth-order valence-electron chi connectivity index (χ4n) is 3.88. The first-order chi connectivity index (χ1) is 14.9. The number of fused-ring (bicyclic) bond motifs is 1. The molecule has 1 heterocycles. The molecule has 31 heavy (non-hydrogen) atoms. The summed E-state index contributed by atoms with van der Waals surface area (Å²) in [5, 5.41) is 0. The maximum atomic E-state index is 13.1. The molecule has 0 aliphatic carbocycles. The predicted octanol–water partition coefficient (Wildman–Crippen LogP) is 3.88. The van der Waals surface area contributed by atoms with Crippen LogP contribution >= 0.6 is 0 Å². The number of sulfonamides is 1. The lowest BCUT2D eigenvalue weighted by molar-refractivity contribution is 0.0295. The Labute approximate surface area is 182 Å². The van der Waals surface area contributed by atoms with Gasteiger partial charge >= 0.3 is 6.09 Å². The fraction of sp³-hybridized carbons (Fsp3) is 0.208. The zero-order valence-electron chi connectivity index (χ0n) is 17.0. The molecule has 7 heteroatoms. The third kappa shape index (κ3) is 4.78. The van der Waals surface area contributed by atoms with Gasteiger partial charge < -0.3 is 10.5 Å². The van der Waals surface area contributed by atoms with Crippen molar-refractivity contribution in [1.29, 1.82) is 0 Å². The van der Waals surface area contributed by atoms with Crippen molar-refractivity contribution in [2.45, 2.75) is 19.1 Å². The van der Waals surface area contributed by atoms with Crippen molar-refractivity contribution in [3.05, 3.63) is 95.6 Å². The predicted molar refractivity (Wildman–Crippen MR) is 120 cm³/mol. The highest BCUT2D eigenvalue weighted by Crippen LogP contribution is 2.33. The van der Waals surface area contributed by atoms with E-state index in [0.717, 1.165) is 22.3 Å². The average Bonchev–Trinajstić information content (AvgIpc) is 2.78. The third-order valence-electron chi connectivity index (χ3n) is 5.48. The summed E-state index contributed by atoms with van der Waals surface area (Å²) >= 11 is 0. The van der Waals surface area contributed by atoms with Crippen LogP contribution in [0.25, 0.3) is 11.1 Å². The molecule has 3 aromatic rings. The molecule has 0 radical (unpaired) electrons. The number of aryl methyl sites for hydroxylation is 1. The highest BCUT2D eigenvalue weighted by Gasteiger charge is 2.37. The molecular formula is C24H24N2O4S. The van der Waals surface area contributed by atoms with Gasteiger partial charge in [0.1, 0.15) is 0 Å². The zero-order chi connectivity index (χ0) is 21.8. The summed E-state index contributed by atoms with van der Waals surface area (Å²) in [6.07, 6.45) is -1.12. The van der Waals surface area contributed by atoms with Crippen molar-refractivity contribution < 1.29 is 17.9 Å². The molecule has 2 N–H and O–H groups in total. The second kappa shape index (κ2) is 8.91. The van der Waals surface area contributed by atoms with Crippen LogP contribution in [0.1, 0.15) is 22.9 Å². The maximum absolute atomic E-state index is 13.1. The summed E-state index contributed by atoms with van der Waals surface area (Å²) < 4.78 is 32.8. The van der Waals surface area contributed by atoms with Crippen molar-refractivity contribution in [1.82, 2.24) is 4.31 Å². The summed E-state index contributed by atoms with van der Waals surface area (Å²) in [6.45, 7) is 0.240. The molecule has 1 atom stereocenters. The van der Waals surface area contributed by atoms with E-state index < -0.39 is 22.3 Å². The van der Waals surface area contributed by atoms with E-state index in [1.807, 2.05) is 66.7 Å². The largest absolute Gasteiger partial charge is 0.425 e. The minimum absolute atomic E-state index is 0.0848. The Morgan fingerprint density at radius 1 is 0.935 bits per heavy atom. The minimum atomic E-state index is -3.68. The molecule has 6 nitrogen and oxygen atoms in total. The number of hydrogen-bond donors (Lipinski definition) is 1. The van der Waals surface area contributed by atoms with Gasteiger partial charge in [-0.3, -0.25) is 0 Å². The number of carbonyl (C=O) groups is 1. The molecule has 0 spiro atoms. The molecule has 1 unspecified atom stereocenters. The van der Waals surface area contributed by atoms with Gasteiger partial charge in [-0.05, 0) is 35.1 Å². The number of amides is 1. The monoisotopic (exact) mass is 436 g/mol. The Kier molecular flexibility index (Phi) is 6.06. The van der Waals surface area contributed by atoms with Crippen LogP contribution < -0.4 is 5.73 Å². The van der Waals surface area contributed by atoms with Crippen molar-refractivity contribution in [2.24, 2.45) is 5.73 Å². The fourth-order valence-corrected chi connectivity index (χ4v) is 5.43. The molecule has 0 bridgehead atoms. The molecule has 0 fully saturated rings. The third-order valence-corrected chi connectivity index (χ3v) is 7.29. The number of rotatable bonds is 6. The van der Waals surface area contributed by atoms with Crippen molar-refractivity contribution in [3.8, 4) is 11.1 Å². The van der Waals surface area contributed by atoms with E-state index in [2.05, 4.69) is 0 Å². The second-order valence-corrected chi connectivity index (χ2v) is 9.52. The van der Waals surface area contributed by atoms with Crippen LogP contribution in [0.15, 0.2) is 78.9 Å². The van der Waals surface area contributed by atoms with E-state index in [-0.39, 0.29) is 12.3 Å². The molecule has 1 aliphatic heterocycles. The van der Waals surface area contributed by atoms with Crippen molar-refractivity contribution in [2.75, 3.05) is 12.3 Å². The normalized spacial score (nSPS) is 16.5. The number of benzene rings is 3. The summed E-state index contributed by atoms with van der Waals surface area (Å²) in [7, 11) is -3.68. The van der Waals surface area contributed by atoms with E-state index in [1.165, 1.54) is 4.31 Å². The van der Waals surface area contributed by atoms with Crippen molar-refractivity contribution in [3.63, 3.8) is 0 Å². The number of carbonyl (C=O) groups excluding carboxylic acids is 1. The maximum Gasteiger partial charge on any atom is 0.406 e. The Bertz CT molecular complexity index is 1160. The Morgan fingerprint density at radius 3 is 2.29 bits per heavy atom. The standard InChI is InChI=1S/C24H24N2O4S/c25-24(27)30-23-22-9-5-4-8-21(22)14-16-26(23)31(28,29)17-15-18-10-12-20(13-11-18)19-6-2-1-3-7-19/h1-13,23H,14-17H2,(H2,25,27). The zero-order valence-corrected chi connectivity index (χ0v) is 17.8. The molecular weight excluding hydrogens is 412 g/mol. The second-order valence-electron chi connectivity index (χ2n) is 7.48. The van der Waals surface area contributed by atoms with Crippen LogP contribution in [-0.4, -0.2) is 31.1 Å². The van der Waals surface area contributed by atoms with Gasteiger partial charge in [-0.1, -0.05) is 78.9 Å². The number of nitrogens with two attached hydrogens (primary N) is 1. The van der Waals surface area contributed by atoms with Crippen LogP contribution in [0.2, 0.25) is 0 Å². The average molecular weight is 437 g/mol. The van der Waals surface area contributed by atoms with Crippen LogP contribution in [0.3, 0.4) is 0 Å². The van der Waals surface area contributed by atoms with E-state index in [4.69, 9.17) is 10.5 Å². The Balaban J connectivity index is 1.50. The van der Waals surface area contributed by atoms with E-state index in [1.54, 1.807) is 12.1 Å². The highest BCUT2D eigenvalue weighted by atomic mass is 32.2. The summed E-state index contributed by atoms with van der Waals surface area (Å²) in [4.78, 5) is 11.5. The van der Waals surface area contributed by atoms with Gasteiger partial charge in [0.05, 0.1) is 5.75 Å². The van der Waals surface area contributed by atoms with E-state index in [9.17, 15) is 13.2 Å². The van der Waals surface area contributed by atoms with Gasteiger partial charge in [-0.2, -0.15) is 4.31 Å². The molecule has 4 rings (SSSR count). The van der Waals surface area contributed by atoms with E-state index in [0.29, 0.717) is 18.4 Å². The van der Waals surface area contributed by atoms with Gasteiger partial charge in [-0.25, -0.2) is 13.2 Å². The lowest BCUT2D eigenvalue weighted by Gasteiger charge is -2.35. The highest BCUT2D eigenvalue weighted by molar-refractivity contribution is 7.89. The first-order valence-corrected chi connectivity index (χ1v) is 11.7. The van der Waals surface area contributed by atoms with Crippen LogP contribution in [-0.2, 0) is 27.6 Å². The summed E-state index contributed by atoms with van der Waals surface area (Å²) in [5.41, 5.74) is 9.96. The summed E-state index contributed by atoms with van der Waals surface area (Å²) in [5.74, 6) is -0.0848. The van der Waals surface area contributed by atoms with Crippen LogP contribution in [0.4, 0.5) is 4.79 Å². The van der Waals surface area contributed by atoms with Crippen molar-refractivity contribution >= 4 is 16.1 Å². The molecule has 1 aliphatic rings. The summed E-state index contributed by atoms with van der Waals surface area (Å²) in [6, 6.07) is 25.2. The molecule has 0 saturated heterocycles. The topological polar surface area (TPSA) is 89.7 Å². The Morgan fingerprint density at radius 2 is 1.58 bits per heavy atom. The molecule has 3 aromatic carbocycles. The minimum Gasteiger partial charge on any atom is -0.425 e. The van der Waals surface area contributed by atoms with E-state index >= 15 is 0 Å². The van der Waals surface area contributed by atoms with Crippen LogP contribution in [0, 0.1) is 0 Å². The number of ether oxygens (including phenoxy) is 1. The van der Waals surface area contributed by atoms with Gasteiger partial charge in [0.2, 0.25) is 10.0 Å². The molecule has 0 aromatic heterocycles. The molecule has 0 saturated carbocycles. The van der Waals surface area contributed by atoms with Gasteiger partial charge in [0.15, 0.2) is 6.23 Å². The SMILES string of the molecule is NC(=O)OC1c2ccccc2CCN1S(=O)(=O)CCc1ccc(-c2ccccc2)cc1.